The van der Waals surface area contributed by atoms with Crippen LogP contribution < -0.4 is 0 Å². The van der Waals surface area contributed by atoms with E-state index in [1.165, 1.54) is 17.8 Å². The molecule has 0 aromatic carbocycles. The molecule has 2 heteroatoms. The van der Waals surface area contributed by atoms with Crippen LogP contribution in [0.4, 0.5) is 0 Å². The third-order valence-electron chi connectivity index (χ3n) is 0.571. The summed E-state index contributed by atoms with van der Waals surface area (Å²) < 4.78 is 0. The van der Waals surface area contributed by atoms with Gasteiger partial charge in [0.1, 0.15) is 0 Å². The van der Waals surface area contributed by atoms with Gasteiger partial charge in [0, 0.05) is 0 Å². The highest BCUT2D eigenvalue weighted by Gasteiger charge is 1.89. The molecule has 0 atom stereocenters. The molecule has 0 radical (unpaired) electrons. The predicted molar refractivity (Wildman–Crippen MR) is 37.9 cm³/mol. The van der Waals surface area contributed by atoms with E-state index in [4.69, 9.17) is 0 Å². The van der Waals surface area contributed by atoms with Gasteiger partial charge in [0.2, 0.25) is 0 Å². The Morgan fingerprint density at radius 1 is 1.62 bits per heavy atom. The summed E-state index contributed by atoms with van der Waals surface area (Å²) in [5, 5.41) is 1.64. The van der Waals surface area contributed by atoms with Gasteiger partial charge in [0.05, 0.1) is 5.75 Å². The quantitative estimate of drug-likeness (QED) is 0.535. The minimum absolute atomic E-state index is 0.0508. The van der Waals surface area contributed by atoms with Crippen molar-refractivity contribution < 1.29 is 4.79 Å². The third kappa shape index (κ3) is 3.68. The van der Waals surface area contributed by atoms with Crippen molar-refractivity contribution in [2.45, 2.75) is 0 Å². The van der Waals surface area contributed by atoms with E-state index in [1.54, 1.807) is 5.41 Å². The Labute approximate surface area is 53.5 Å². The molecule has 8 heavy (non-hydrogen) atoms. The van der Waals surface area contributed by atoms with Gasteiger partial charge in [-0.2, -0.15) is 0 Å². The largest absolute Gasteiger partial charge is 0.294 e. The van der Waals surface area contributed by atoms with Crippen LogP contribution in [0.5, 0.6) is 0 Å². The van der Waals surface area contributed by atoms with Crippen molar-refractivity contribution in [3.63, 3.8) is 0 Å². The van der Waals surface area contributed by atoms with Crippen LogP contribution in [0.2, 0.25) is 0 Å². The van der Waals surface area contributed by atoms with Crippen LogP contribution >= 0.6 is 11.8 Å². The molecule has 0 aliphatic heterocycles. The lowest BCUT2D eigenvalue weighted by atomic mass is 10.5. The molecule has 0 heterocycles. The van der Waals surface area contributed by atoms with E-state index in [0.717, 1.165) is 0 Å². The predicted octanol–water partition coefficient (Wildman–Crippen LogP) is 1.62. The highest BCUT2D eigenvalue weighted by Crippen LogP contribution is 1.98. The summed E-state index contributed by atoms with van der Waals surface area (Å²) in [6.45, 7) is 6.76. The van der Waals surface area contributed by atoms with Crippen molar-refractivity contribution in [1.82, 2.24) is 0 Å². The SMILES string of the molecule is C=CSCC(=O)C=C. The van der Waals surface area contributed by atoms with Gasteiger partial charge in [0.25, 0.3) is 0 Å². The second-order valence-electron chi connectivity index (χ2n) is 1.15. The maximum Gasteiger partial charge on any atom is 0.165 e. The molecule has 0 saturated carbocycles. The Kier molecular flexibility index (Phi) is 4.36. The number of carbonyl (C=O) groups is 1. The van der Waals surface area contributed by atoms with E-state index in [-0.39, 0.29) is 5.78 Å². The van der Waals surface area contributed by atoms with Gasteiger partial charge in [-0.15, -0.1) is 11.8 Å². The zero-order chi connectivity index (χ0) is 6.41. The molecule has 0 saturated heterocycles. The van der Waals surface area contributed by atoms with Crippen LogP contribution in [0.1, 0.15) is 0 Å². The first kappa shape index (κ1) is 7.50. The second kappa shape index (κ2) is 4.65. The summed E-state index contributed by atoms with van der Waals surface area (Å²) in [4.78, 5) is 10.4. The first-order valence-corrected chi connectivity index (χ1v) is 3.24. The molecule has 0 amide bonds. The number of carbonyl (C=O) groups excluding carboxylic acids is 1. The van der Waals surface area contributed by atoms with E-state index < -0.39 is 0 Å². The third-order valence-corrected chi connectivity index (χ3v) is 1.26. The van der Waals surface area contributed by atoms with Crippen LogP contribution in [0.15, 0.2) is 24.6 Å². The smallest absolute Gasteiger partial charge is 0.165 e. The Bertz CT molecular complexity index is 107. The summed E-state index contributed by atoms with van der Waals surface area (Å²) in [6, 6.07) is 0. The zero-order valence-corrected chi connectivity index (χ0v) is 5.41. The van der Waals surface area contributed by atoms with Crippen molar-refractivity contribution in [2.24, 2.45) is 0 Å². The topological polar surface area (TPSA) is 17.1 Å². The Morgan fingerprint density at radius 2 is 2.25 bits per heavy atom. The van der Waals surface area contributed by atoms with Gasteiger partial charge in [-0.3, -0.25) is 4.79 Å². The Balaban J connectivity index is 3.24. The average Bonchev–Trinajstić information content (AvgIpc) is 1.83. The molecular weight excluding hydrogens is 120 g/mol. The van der Waals surface area contributed by atoms with Gasteiger partial charge in [0.15, 0.2) is 5.78 Å². The molecule has 0 aliphatic rings. The van der Waals surface area contributed by atoms with Gasteiger partial charge in [-0.1, -0.05) is 13.2 Å². The molecular formula is C6H8OS. The van der Waals surface area contributed by atoms with Crippen molar-refractivity contribution in [3.8, 4) is 0 Å². The van der Waals surface area contributed by atoms with Crippen LogP contribution in [-0.2, 0) is 4.79 Å². The van der Waals surface area contributed by atoms with E-state index in [1.807, 2.05) is 0 Å². The molecule has 0 aliphatic carbocycles. The van der Waals surface area contributed by atoms with Gasteiger partial charge in [-0.05, 0) is 11.5 Å². The van der Waals surface area contributed by atoms with E-state index in [0.29, 0.717) is 5.75 Å². The number of rotatable bonds is 4. The number of hydrogen-bond donors (Lipinski definition) is 0. The van der Waals surface area contributed by atoms with Crippen LogP contribution in [0.3, 0.4) is 0 Å². The fourth-order valence-corrected chi connectivity index (χ4v) is 0.600. The minimum atomic E-state index is 0.0508. The first-order chi connectivity index (χ1) is 3.81. The summed E-state index contributed by atoms with van der Waals surface area (Å²) in [7, 11) is 0. The first-order valence-electron chi connectivity index (χ1n) is 2.19. The molecule has 0 spiro atoms. The van der Waals surface area contributed by atoms with Crippen molar-refractivity contribution in [2.75, 3.05) is 5.75 Å². The lowest BCUT2D eigenvalue weighted by Crippen LogP contribution is -1.92. The summed E-state index contributed by atoms with van der Waals surface area (Å²) in [5.74, 6) is 0.516. The number of allylic oxidation sites excluding steroid dienone is 1. The number of hydrogen-bond acceptors (Lipinski definition) is 2. The van der Waals surface area contributed by atoms with Crippen LogP contribution in [-0.4, -0.2) is 11.5 Å². The molecule has 0 bridgehead atoms. The highest BCUT2D eigenvalue weighted by molar-refractivity contribution is 8.02. The maximum absolute atomic E-state index is 10.4. The molecule has 44 valence electrons. The zero-order valence-electron chi connectivity index (χ0n) is 4.59. The monoisotopic (exact) mass is 128 g/mol. The summed E-state index contributed by atoms with van der Waals surface area (Å²) in [6.07, 6.45) is 1.32. The molecule has 0 rings (SSSR count). The highest BCUT2D eigenvalue weighted by atomic mass is 32.2. The van der Waals surface area contributed by atoms with Crippen LogP contribution in [0.25, 0.3) is 0 Å². The molecule has 1 nitrogen and oxygen atoms in total. The molecule has 0 unspecified atom stereocenters. The van der Waals surface area contributed by atoms with Gasteiger partial charge in [-0.25, -0.2) is 0 Å². The molecule has 0 N–H and O–H groups in total. The minimum Gasteiger partial charge on any atom is -0.294 e. The molecule has 0 aromatic rings. The molecule has 0 aromatic heterocycles. The lowest BCUT2D eigenvalue weighted by molar-refractivity contribution is -0.112. The van der Waals surface area contributed by atoms with E-state index >= 15 is 0 Å². The Hall–Kier alpha value is -0.500. The van der Waals surface area contributed by atoms with E-state index in [2.05, 4.69) is 13.2 Å². The summed E-state index contributed by atoms with van der Waals surface area (Å²) in [5.41, 5.74) is 0. The maximum atomic E-state index is 10.4. The fourth-order valence-electron chi connectivity index (χ4n) is 0.200. The second-order valence-corrected chi connectivity index (χ2v) is 2.10. The average molecular weight is 128 g/mol. The van der Waals surface area contributed by atoms with Crippen molar-refractivity contribution >= 4 is 17.5 Å². The van der Waals surface area contributed by atoms with Gasteiger partial charge < -0.3 is 0 Å². The lowest BCUT2D eigenvalue weighted by Gasteiger charge is -1.84. The van der Waals surface area contributed by atoms with Gasteiger partial charge >= 0.3 is 0 Å². The summed E-state index contributed by atoms with van der Waals surface area (Å²) >= 11 is 1.38. The van der Waals surface area contributed by atoms with E-state index in [9.17, 15) is 4.79 Å². The normalized spacial score (nSPS) is 8.00. The Morgan fingerprint density at radius 3 is 2.62 bits per heavy atom. The number of ketones is 1. The number of thioether (sulfide) groups is 1. The van der Waals surface area contributed by atoms with Crippen LogP contribution in [0, 0.1) is 0 Å². The standard InChI is InChI=1S/C6H8OS/c1-3-6(7)5-8-4-2/h3-4H,1-2,5H2. The van der Waals surface area contributed by atoms with Crippen molar-refractivity contribution in [1.29, 1.82) is 0 Å². The fraction of sp³-hybridized carbons (Fsp3) is 0.167. The van der Waals surface area contributed by atoms with Crippen molar-refractivity contribution in [3.05, 3.63) is 24.6 Å². The molecule has 0 fully saturated rings.